The number of carbonyl (C=O) groups is 1. The summed E-state index contributed by atoms with van der Waals surface area (Å²) in [6.07, 6.45) is 0. The van der Waals surface area contributed by atoms with Crippen molar-refractivity contribution in [2.45, 2.75) is 12.8 Å². The van der Waals surface area contributed by atoms with E-state index in [4.69, 9.17) is 0 Å². The zero-order valence-corrected chi connectivity index (χ0v) is 12.5. The monoisotopic (exact) mass is 328 g/mol. The highest BCUT2D eigenvalue weighted by Crippen LogP contribution is 2.22. The molecule has 1 amide bonds. The number of carbonyl (C=O) groups excluding carboxylic acids is 1. The minimum absolute atomic E-state index is 0.325. The van der Waals surface area contributed by atoms with Crippen molar-refractivity contribution < 1.29 is 4.79 Å². The molecule has 1 atom stereocenters. The molecule has 0 aliphatic carbocycles. The van der Waals surface area contributed by atoms with E-state index in [0.717, 1.165) is 10.0 Å². The number of nitrogens with one attached hydrogen (secondary N) is 1. The summed E-state index contributed by atoms with van der Waals surface area (Å²) >= 11 is 3.42. The first kappa shape index (κ1) is 14.3. The lowest BCUT2D eigenvalue weighted by Gasteiger charge is -2.11. The van der Waals surface area contributed by atoms with Gasteiger partial charge in [-0.3, -0.25) is 4.79 Å². The van der Waals surface area contributed by atoms with Gasteiger partial charge >= 0.3 is 0 Å². The zero-order chi connectivity index (χ0) is 14.5. The molecule has 2 rings (SSSR count). The van der Waals surface area contributed by atoms with Gasteiger partial charge in [0.2, 0.25) is 5.91 Å². The Bertz CT molecular complexity index is 662. The summed E-state index contributed by atoms with van der Waals surface area (Å²) in [4.78, 5) is 12.2. The maximum Gasteiger partial charge on any atom is 0.246 e. The second kappa shape index (κ2) is 6.36. The van der Waals surface area contributed by atoms with Gasteiger partial charge in [-0.25, -0.2) is 0 Å². The van der Waals surface area contributed by atoms with E-state index < -0.39 is 5.92 Å². The van der Waals surface area contributed by atoms with Crippen molar-refractivity contribution >= 4 is 27.5 Å². The Balaban J connectivity index is 2.18. The third-order valence-electron chi connectivity index (χ3n) is 2.96. The van der Waals surface area contributed by atoms with Crippen molar-refractivity contribution in [2.75, 3.05) is 5.32 Å². The number of hydrogen-bond acceptors (Lipinski definition) is 2. The van der Waals surface area contributed by atoms with Gasteiger partial charge in [0.05, 0.1) is 6.07 Å². The van der Waals surface area contributed by atoms with Crippen LogP contribution in [-0.2, 0) is 4.79 Å². The topological polar surface area (TPSA) is 52.9 Å². The molecule has 100 valence electrons. The van der Waals surface area contributed by atoms with E-state index in [2.05, 4.69) is 21.2 Å². The van der Waals surface area contributed by atoms with E-state index in [-0.39, 0.29) is 5.91 Å². The van der Waals surface area contributed by atoms with Gasteiger partial charge in [-0.1, -0.05) is 52.3 Å². The van der Waals surface area contributed by atoms with Gasteiger partial charge in [-0.2, -0.15) is 5.26 Å². The SMILES string of the molecule is Cc1ccc(NC(=O)C(C#N)c2ccccc2)cc1Br. The molecule has 3 nitrogen and oxygen atoms in total. The van der Waals surface area contributed by atoms with Crippen molar-refractivity contribution in [3.63, 3.8) is 0 Å². The van der Waals surface area contributed by atoms with Gasteiger partial charge in [0.15, 0.2) is 5.92 Å². The average molecular weight is 329 g/mol. The first-order valence-electron chi connectivity index (χ1n) is 6.13. The van der Waals surface area contributed by atoms with Crippen LogP contribution in [0.4, 0.5) is 5.69 Å². The molecule has 1 N–H and O–H groups in total. The van der Waals surface area contributed by atoms with Gasteiger partial charge in [-0.15, -0.1) is 0 Å². The zero-order valence-electron chi connectivity index (χ0n) is 10.9. The summed E-state index contributed by atoms with van der Waals surface area (Å²) in [6.45, 7) is 1.97. The number of hydrogen-bond donors (Lipinski definition) is 1. The predicted octanol–water partition coefficient (Wildman–Crippen LogP) is 4.00. The van der Waals surface area contributed by atoms with Gasteiger partial charge in [-0.05, 0) is 30.2 Å². The summed E-state index contributed by atoms with van der Waals surface area (Å²) < 4.78 is 0.920. The molecule has 0 saturated carbocycles. The molecule has 0 fully saturated rings. The average Bonchev–Trinajstić information content (AvgIpc) is 2.45. The fraction of sp³-hybridized carbons (Fsp3) is 0.125. The van der Waals surface area contributed by atoms with Crippen LogP contribution in [-0.4, -0.2) is 5.91 Å². The van der Waals surface area contributed by atoms with Crippen molar-refractivity contribution in [1.82, 2.24) is 0 Å². The van der Waals surface area contributed by atoms with Crippen molar-refractivity contribution in [1.29, 1.82) is 5.26 Å². The first-order chi connectivity index (χ1) is 9.61. The number of rotatable bonds is 3. The molecule has 0 aliphatic heterocycles. The van der Waals surface area contributed by atoms with E-state index >= 15 is 0 Å². The summed E-state index contributed by atoms with van der Waals surface area (Å²) in [5.74, 6) is -1.13. The molecule has 0 aliphatic rings. The Labute approximate surface area is 126 Å². The fourth-order valence-electron chi connectivity index (χ4n) is 1.82. The van der Waals surface area contributed by atoms with Crippen LogP contribution in [0, 0.1) is 18.3 Å². The van der Waals surface area contributed by atoms with Crippen LogP contribution in [0.1, 0.15) is 17.0 Å². The smallest absolute Gasteiger partial charge is 0.246 e. The van der Waals surface area contributed by atoms with Gasteiger partial charge in [0, 0.05) is 10.2 Å². The molecule has 1 unspecified atom stereocenters. The standard InChI is InChI=1S/C16H13BrN2O/c1-11-7-8-13(9-15(11)17)19-16(20)14(10-18)12-5-3-2-4-6-12/h2-9,14H,1H3,(H,19,20). The van der Waals surface area contributed by atoms with E-state index in [1.54, 1.807) is 12.1 Å². The molecule has 20 heavy (non-hydrogen) atoms. The summed E-state index contributed by atoms with van der Waals surface area (Å²) in [7, 11) is 0. The highest BCUT2D eigenvalue weighted by molar-refractivity contribution is 9.10. The maximum atomic E-state index is 12.2. The Morgan fingerprint density at radius 1 is 1.25 bits per heavy atom. The maximum absolute atomic E-state index is 12.2. The second-order valence-electron chi connectivity index (χ2n) is 4.43. The van der Waals surface area contributed by atoms with Crippen LogP contribution in [0.5, 0.6) is 0 Å². The van der Waals surface area contributed by atoms with E-state index in [1.165, 1.54) is 0 Å². The number of halogens is 1. The van der Waals surface area contributed by atoms with Crippen LogP contribution in [0.3, 0.4) is 0 Å². The first-order valence-corrected chi connectivity index (χ1v) is 6.92. The Morgan fingerprint density at radius 3 is 2.55 bits per heavy atom. The summed E-state index contributed by atoms with van der Waals surface area (Å²) in [5, 5.41) is 12.0. The van der Waals surface area contributed by atoms with Crippen LogP contribution in [0.25, 0.3) is 0 Å². The number of aryl methyl sites for hydroxylation is 1. The molecule has 0 aromatic heterocycles. The number of nitrogens with zero attached hydrogens (tertiary/aromatic N) is 1. The van der Waals surface area contributed by atoms with E-state index in [1.807, 2.05) is 49.4 Å². The highest BCUT2D eigenvalue weighted by Gasteiger charge is 2.19. The lowest BCUT2D eigenvalue weighted by Crippen LogP contribution is -2.20. The molecule has 0 saturated heterocycles. The van der Waals surface area contributed by atoms with E-state index in [0.29, 0.717) is 11.3 Å². The van der Waals surface area contributed by atoms with Gasteiger partial charge in [0.25, 0.3) is 0 Å². The molecule has 0 heterocycles. The number of amides is 1. The molecule has 4 heteroatoms. The van der Waals surface area contributed by atoms with Crippen LogP contribution >= 0.6 is 15.9 Å². The number of nitriles is 1. The number of anilines is 1. The second-order valence-corrected chi connectivity index (χ2v) is 5.28. The molecule has 0 radical (unpaired) electrons. The molecule has 2 aromatic carbocycles. The molecule has 0 bridgehead atoms. The number of benzene rings is 2. The van der Waals surface area contributed by atoms with Crippen molar-refractivity contribution in [2.24, 2.45) is 0 Å². The quantitative estimate of drug-likeness (QED) is 0.925. The lowest BCUT2D eigenvalue weighted by molar-refractivity contribution is -0.116. The van der Waals surface area contributed by atoms with Crippen molar-refractivity contribution in [3.8, 4) is 6.07 Å². The third kappa shape index (κ3) is 3.25. The van der Waals surface area contributed by atoms with Crippen LogP contribution in [0.2, 0.25) is 0 Å². The minimum Gasteiger partial charge on any atom is -0.325 e. The van der Waals surface area contributed by atoms with Crippen molar-refractivity contribution in [3.05, 3.63) is 64.1 Å². The van der Waals surface area contributed by atoms with Gasteiger partial charge in [0.1, 0.15) is 0 Å². The molecular formula is C16H13BrN2O. The molecule has 0 spiro atoms. The van der Waals surface area contributed by atoms with Gasteiger partial charge < -0.3 is 5.32 Å². The summed E-state index contributed by atoms with van der Waals surface area (Å²) in [5.41, 5.74) is 2.45. The normalized spacial score (nSPS) is 11.4. The fourth-order valence-corrected chi connectivity index (χ4v) is 2.19. The molecule has 2 aromatic rings. The molecular weight excluding hydrogens is 316 g/mol. The Morgan fingerprint density at radius 2 is 1.95 bits per heavy atom. The summed E-state index contributed by atoms with van der Waals surface area (Å²) in [6, 6.07) is 16.6. The van der Waals surface area contributed by atoms with Crippen LogP contribution < -0.4 is 5.32 Å². The van der Waals surface area contributed by atoms with E-state index in [9.17, 15) is 10.1 Å². The lowest BCUT2D eigenvalue weighted by atomic mass is 10.00. The Hall–Kier alpha value is -2.12. The predicted molar refractivity (Wildman–Crippen MR) is 82.3 cm³/mol. The highest BCUT2D eigenvalue weighted by atomic mass is 79.9. The van der Waals surface area contributed by atoms with Crippen LogP contribution in [0.15, 0.2) is 53.0 Å². The largest absolute Gasteiger partial charge is 0.325 e. The minimum atomic E-state index is -0.809. The Kier molecular flexibility index (Phi) is 4.54. The third-order valence-corrected chi connectivity index (χ3v) is 3.82.